The molecule has 0 fully saturated rings. The van der Waals surface area contributed by atoms with E-state index in [2.05, 4.69) is 37.5 Å². The van der Waals surface area contributed by atoms with Gasteiger partial charge < -0.3 is 19.8 Å². The van der Waals surface area contributed by atoms with Crippen LogP contribution in [0.4, 0.5) is 4.79 Å². The van der Waals surface area contributed by atoms with Crippen LogP contribution in [0.25, 0.3) is 0 Å². The molecule has 1 amide bonds. The second kappa shape index (κ2) is 19.3. The number of aliphatic hydroxyl groups excluding tert-OH is 2. The highest BCUT2D eigenvalue weighted by atomic mass is 16.6. The minimum atomic E-state index is -0.180. The third kappa shape index (κ3) is 16.4. The van der Waals surface area contributed by atoms with Gasteiger partial charge in [0.1, 0.15) is 13.2 Å². The minimum absolute atomic E-state index is 0.158. The highest BCUT2D eigenvalue weighted by Gasteiger charge is 2.12. The van der Waals surface area contributed by atoms with Gasteiger partial charge in [-0.2, -0.15) is 0 Å². The molecule has 2 N–H and O–H groups in total. The average Bonchev–Trinajstić information content (AvgIpc) is 2.52. The third-order valence-corrected chi connectivity index (χ3v) is 2.49. The zero-order valence-electron chi connectivity index (χ0n) is 14.0. The van der Waals surface area contributed by atoms with E-state index in [1.54, 1.807) is 0 Å². The molecule has 126 valence electrons. The van der Waals surface area contributed by atoms with E-state index in [-0.39, 0.29) is 19.3 Å². The van der Waals surface area contributed by atoms with Gasteiger partial charge >= 0.3 is 6.09 Å². The van der Waals surface area contributed by atoms with Gasteiger partial charge in [-0.1, -0.05) is 38.5 Å². The number of amides is 1. The molecule has 0 aliphatic heterocycles. The molecule has 0 aromatic carbocycles. The number of hydrogen-bond acceptors (Lipinski definition) is 4. The van der Waals surface area contributed by atoms with Crippen LogP contribution in [-0.2, 0) is 4.74 Å². The Morgan fingerprint density at radius 3 is 1.73 bits per heavy atom. The van der Waals surface area contributed by atoms with Crippen molar-refractivity contribution in [1.82, 2.24) is 4.90 Å². The highest BCUT2D eigenvalue weighted by molar-refractivity contribution is 5.67. The fourth-order valence-corrected chi connectivity index (χ4v) is 1.37. The van der Waals surface area contributed by atoms with Gasteiger partial charge in [-0.3, -0.25) is 0 Å². The van der Waals surface area contributed by atoms with Crippen molar-refractivity contribution >= 4 is 6.09 Å². The molecule has 5 heteroatoms. The second-order valence-corrected chi connectivity index (χ2v) is 4.31. The number of nitrogens with zero attached hydrogens (tertiary/aromatic N) is 1. The number of carbonyl (C=O) groups excluding carboxylic acids is 1. The quantitative estimate of drug-likeness (QED) is 0.706. The fraction of sp³-hybridized carbons (Fsp3) is 0.706. The summed E-state index contributed by atoms with van der Waals surface area (Å²) in [6.07, 6.45) is 4.18. The van der Waals surface area contributed by atoms with E-state index < -0.39 is 0 Å². The lowest BCUT2D eigenvalue weighted by molar-refractivity contribution is 0.106. The molecule has 0 aromatic heterocycles. The largest absolute Gasteiger partial charge is 0.450 e. The first kappa shape index (κ1) is 22.6. The van der Waals surface area contributed by atoms with Crippen molar-refractivity contribution in [3.05, 3.63) is 0 Å². The van der Waals surface area contributed by atoms with Crippen LogP contribution in [0.3, 0.4) is 0 Å². The summed E-state index contributed by atoms with van der Waals surface area (Å²) in [5.74, 6) is 9.24. The normalized spacial score (nSPS) is 8.41. The zero-order chi connectivity index (χ0) is 17.1. The number of unbranched alkanes of at least 4 members (excludes halogenated alkanes) is 2. The number of aliphatic hydroxyl groups is 2. The van der Waals surface area contributed by atoms with E-state index in [0.717, 1.165) is 38.8 Å². The standard InChI is InChI=1S/C11H23NO2.C6H6O2/c1-4-7-9-12(10-8-5-2)11(13)14-6-3;7-5-3-1-2-4-6-8/h4-10H2,1-3H3;7-8H,5-6H2. The monoisotopic (exact) mass is 311 g/mol. The van der Waals surface area contributed by atoms with Crippen molar-refractivity contribution in [3.63, 3.8) is 0 Å². The predicted octanol–water partition coefficient (Wildman–Crippen LogP) is 2.02. The van der Waals surface area contributed by atoms with Crippen LogP contribution < -0.4 is 0 Å². The van der Waals surface area contributed by atoms with E-state index in [4.69, 9.17) is 14.9 Å². The molecular weight excluding hydrogens is 282 g/mol. The summed E-state index contributed by atoms with van der Waals surface area (Å²) in [6, 6.07) is 0. The predicted molar refractivity (Wildman–Crippen MR) is 88.1 cm³/mol. The lowest BCUT2D eigenvalue weighted by atomic mass is 10.3. The van der Waals surface area contributed by atoms with Crippen LogP contribution in [-0.4, -0.2) is 54.1 Å². The van der Waals surface area contributed by atoms with Crippen molar-refractivity contribution in [2.24, 2.45) is 0 Å². The van der Waals surface area contributed by atoms with E-state index in [0.29, 0.717) is 6.61 Å². The third-order valence-electron chi connectivity index (χ3n) is 2.49. The van der Waals surface area contributed by atoms with Gasteiger partial charge in [0, 0.05) is 13.1 Å². The van der Waals surface area contributed by atoms with Crippen molar-refractivity contribution in [1.29, 1.82) is 0 Å². The van der Waals surface area contributed by atoms with Gasteiger partial charge in [-0.05, 0) is 31.6 Å². The first-order chi connectivity index (χ1) is 10.7. The molecule has 0 saturated carbocycles. The Labute approximate surface area is 134 Å². The lowest BCUT2D eigenvalue weighted by Crippen LogP contribution is -2.33. The van der Waals surface area contributed by atoms with Gasteiger partial charge in [0.25, 0.3) is 0 Å². The minimum Gasteiger partial charge on any atom is -0.450 e. The van der Waals surface area contributed by atoms with Gasteiger partial charge in [-0.15, -0.1) is 0 Å². The van der Waals surface area contributed by atoms with Crippen LogP contribution in [0.1, 0.15) is 46.5 Å². The molecule has 0 heterocycles. The maximum absolute atomic E-state index is 11.5. The van der Waals surface area contributed by atoms with Gasteiger partial charge in [0.15, 0.2) is 0 Å². The second-order valence-electron chi connectivity index (χ2n) is 4.31. The number of carbonyl (C=O) groups is 1. The van der Waals surface area contributed by atoms with Crippen LogP contribution in [0.15, 0.2) is 0 Å². The van der Waals surface area contributed by atoms with Crippen LogP contribution in [0, 0.1) is 23.7 Å². The molecule has 0 spiro atoms. The molecule has 0 bridgehead atoms. The molecule has 22 heavy (non-hydrogen) atoms. The van der Waals surface area contributed by atoms with Gasteiger partial charge in [0.05, 0.1) is 6.61 Å². The van der Waals surface area contributed by atoms with Gasteiger partial charge in [0.2, 0.25) is 0 Å². The molecule has 0 aromatic rings. The molecule has 0 aliphatic rings. The first-order valence-electron chi connectivity index (χ1n) is 7.76. The zero-order valence-corrected chi connectivity index (χ0v) is 14.0. The Balaban J connectivity index is 0. The summed E-state index contributed by atoms with van der Waals surface area (Å²) in [4.78, 5) is 13.3. The summed E-state index contributed by atoms with van der Waals surface area (Å²) in [6.45, 7) is 7.86. The van der Waals surface area contributed by atoms with Crippen LogP contribution in [0.2, 0.25) is 0 Å². The smallest absolute Gasteiger partial charge is 0.409 e. The van der Waals surface area contributed by atoms with Crippen LogP contribution >= 0.6 is 0 Å². The van der Waals surface area contributed by atoms with Crippen molar-refractivity contribution in [2.75, 3.05) is 32.9 Å². The summed E-state index contributed by atoms with van der Waals surface area (Å²) in [5, 5.41) is 16.1. The molecule has 0 unspecified atom stereocenters. The lowest BCUT2D eigenvalue weighted by Gasteiger charge is -2.21. The summed E-state index contributed by atoms with van der Waals surface area (Å²) in [5.41, 5.74) is 0. The molecular formula is C17H29NO4. The van der Waals surface area contributed by atoms with Crippen molar-refractivity contribution in [3.8, 4) is 23.7 Å². The average molecular weight is 311 g/mol. The first-order valence-corrected chi connectivity index (χ1v) is 7.76. The van der Waals surface area contributed by atoms with Gasteiger partial charge in [-0.25, -0.2) is 4.79 Å². The van der Waals surface area contributed by atoms with E-state index in [1.165, 1.54) is 0 Å². The topological polar surface area (TPSA) is 70.0 Å². The Bertz CT molecular complexity index is 346. The highest BCUT2D eigenvalue weighted by Crippen LogP contribution is 2.01. The van der Waals surface area contributed by atoms with E-state index >= 15 is 0 Å². The van der Waals surface area contributed by atoms with Crippen molar-refractivity contribution < 1.29 is 19.7 Å². The summed E-state index contributed by atoms with van der Waals surface area (Å²) < 4.78 is 4.99. The Hall–Kier alpha value is -1.69. The molecule has 5 nitrogen and oxygen atoms in total. The van der Waals surface area contributed by atoms with Crippen molar-refractivity contribution in [2.45, 2.75) is 46.5 Å². The molecule has 0 radical (unpaired) electrons. The SMILES string of the molecule is CCCCN(CCCC)C(=O)OCC.OCC#CC#CCO. The Kier molecular flexibility index (Phi) is 19.8. The van der Waals surface area contributed by atoms with Crippen LogP contribution in [0.5, 0.6) is 0 Å². The molecule has 0 atom stereocenters. The Morgan fingerprint density at radius 2 is 1.41 bits per heavy atom. The molecule has 0 aliphatic carbocycles. The number of ether oxygens (including phenoxy) is 1. The van der Waals surface area contributed by atoms with E-state index in [1.807, 2.05) is 11.8 Å². The van der Waals surface area contributed by atoms with E-state index in [9.17, 15) is 4.79 Å². The summed E-state index contributed by atoms with van der Waals surface area (Å²) >= 11 is 0. The molecule has 0 saturated heterocycles. The Morgan fingerprint density at radius 1 is 0.955 bits per heavy atom. The fourth-order valence-electron chi connectivity index (χ4n) is 1.37. The molecule has 0 rings (SSSR count). The number of rotatable bonds is 7. The number of hydrogen-bond donors (Lipinski definition) is 2. The maximum atomic E-state index is 11.5. The maximum Gasteiger partial charge on any atom is 0.409 e. The summed E-state index contributed by atoms with van der Waals surface area (Å²) in [7, 11) is 0.